The van der Waals surface area contributed by atoms with Crippen LogP contribution in [0, 0.1) is 0 Å². The Labute approximate surface area is 221 Å². The molecule has 3 aromatic rings. The maximum absolute atomic E-state index is 12.4. The molecule has 0 spiro atoms. The number of amides is 1. The van der Waals surface area contributed by atoms with Crippen molar-refractivity contribution in [2.75, 3.05) is 33.9 Å². The van der Waals surface area contributed by atoms with E-state index in [-0.39, 0.29) is 17.4 Å². The molecule has 0 radical (unpaired) electrons. The molecular formula is C28H32N2O6S. The number of hydroxylamine groups is 1. The number of ether oxygens (including phenoxy) is 4. The van der Waals surface area contributed by atoms with Gasteiger partial charge in [0.2, 0.25) is 0 Å². The number of para-hydroxylation sites is 1. The van der Waals surface area contributed by atoms with E-state index >= 15 is 0 Å². The van der Waals surface area contributed by atoms with Crippen molar-refractivity contribution in [3.63, 3.8) is 0 Å². The lowest BCUT2D eigenvalue weighted by Crippen LogP contribution is -2.34. The van der Waals surface area contributed by atoms with E-state index in [0.29, 0.717) is 17.3 Å². The number of methoxy groups -OCH3 is 2. The van der Waals surface area contributed by atoms with Crippen LogP contribution in [0.15, 0.2) is 65.6 Å². The molecule has 1 aliphatic heterocycles. The number of nitrogens with one attached hydrogen (secondary N) is 1. The predicted octanol–water partition coefficient (Wildman–Crippen LogP) is 5.44. The van der Waals surface area contributed by atoms with Crippen molar-refractivity contribution in [2.45, 2.75) is 30.8 Å². The second-order valence-corrected chi connectivity index (χ2v) is 9.54. The first kappa shape index (κ1) is 26.7. The molecule has 0 aromatic heterocycles. The highest BCUT2D eigenvalue weighted by molar-refractivity contribution is 7.97. The summed E-state index contributed by atoms with van der Waals surface area (Å²) >= 11 is 1.46. The average molecular weight is 525 g/mol. The summed E-state index contributed by atoms with van der Waals surface area (Å²) in [6.07, 6.45) is 1.79. The van der Waals surface area contributed by atoms with Gasteiger partial charge in [0.1, 0.15) is 23.2 Å². The van der Waals surface area contributed by atoms with Gasteiger partial charge >= 0.3 is 0 Å². The second kappa shape index (κ2) is 12.7. The molecule has 0 bridgehead atoms. The topological polar surface area (TPSA) is 89.5 Å². The minimum absolute atomic E-state index is 0.101. The average Bonchev–Trinajstić information content (AvgIpc) is 2.94. The van der Waals surface area contributed by atoms with Crippen LogP contribution in [0.5, 0.6) is 23.0 Å². The number of piperidine rings is 1. The molecule has 0 aliphatic carbocycles. The summed E-state index contributed by atoms with van der Waals surface area (Å²) < 4.78 is 24.9. The van der Waals surface area contributed by atoms with Crippen molar-refractivity contribution in [3.8, 4) is 34.1 Å². The zero-order chi connectivity index (χ0) is 26.2. The molecule has 1 amide bonds. The molecule has 0 unspecified atom stereocenters. The lowest BCUT2D eigenvalue weighted by Gasteiger charge is -2.31. The first-order valence-corrected chi connectivity index (χ1v) is 13.0. The van der Waals surface area contributed by atoms with Gasteiger partial charge in [-0.2, -0.15) is 0 Å². The lowest BCUT2D eigenvalue weighted by atomic mass is 10.0. The van der Waals surface area contributed by atoms with Crippen molar-refractivity contribution in [1.82, 2.24) is 9.79 Å². The summed E-state index contributed by atoms with van der Waals surface area (Å²) in [4.78, 5) is 13.1. The normalized spacial score (nSPS) is 14.2. The number of hydrogen-bond donors (Lipinski definition) is 2. The number of nitrogens with zero attached hydrogens (tertiary/aromatic N) is 1. The second-order valence-electron chi connectivity index (χ2n) is 8.41. The molecule has 0 saturated carbocycles. The Morgan fingerprint density at radius 2 is 1.73 bits per heavy atom. The van der Waals surface area contributed by atoms with Gasteiger partial charge in [-0.05, 0) is 67.6 Å². The van der Waals surface area contributed by atoms with E-state index in [1.54, 1.807) is 17.6 Å². The monoisotopic (exact) mass is 524 g/mol. The Morgan fingerprint density at radius 3 is 2.38 bits per heavy atom. The van der Waals surface area contributed by atoms with E-state index in [1.165, 1.54) is 26.2 Å². The smallest absolute Gasteiger partial charge is 0.279 e. The van der Waals surface area contributed by atoms with Gasteiger partial charge in [-0.3, -0.25) is 10.0 Å². The van der Waals surface area contributed by atoms with Gasteiger partial charge in [-0.15, -0.1) is 0 Å². The van der Waals surface area contributed by atoms with Crippen LogP contribution in [0.4, 0.5) is 0 Å². The molecule has 3 aromatic carbocycles. The van der Waals surface area contributed by atoms with Gasteiger partial charge < -0.3 is 18.9 Å². The highest BCUT2D eigenvalue weighted by atomic mass is 32.2. The molecule has 196 valence electrons. The van der Waals surface area contributed by atoms with E-state index in [1.807, 2.05) is 37.3 Å². The third-order valence-corrected chi connectivity index (χ3v) is 7.28. The molecule has 2 N–H and O–H groups in total. The third kappa shape index (κ3) is 6.30. The molecule has 1 aliphatic rings. The Balaban J connectivity index is 1.37. The molecule has 1 heterocycles. The molecule has 9 heteroatoms. The van der Waals surface area contributed by atoms with Crippen LogP contribution in [0.3, 0.4) is 0 Å². The summed E-state index contributed by atoms with van der Waals surface area (Å²) in [6.45, 7) is 4.17. The molecule has 8 nitrogen and oxygen atoms in total. The predicted molar refractivity (Wildman–Crippen MR) is 143 cm³/mol. The van der Waals surface area contributed by atoms with Crippen molar-refractivity contribution < 1.29 is 28.9 Å². The van der Waals surface area contributed by atoms with Gasteiger partial charge in [-0.25, -0.2) is 9.79 Å². The Kier molecular flexibility index (Phi) is 9.16. The standard InChI is InChI=1S/C28H32N2O6S/c1-4-35-23-8-6-5-7-22(23)19-9-11-20(12-10-19)36-21-15-17-30(18-16-21)37-25-14-13-24(33-2)27(34-3)26(25)28(31)29-32/h5-14,21,32H,4,15-18H2,1-3H3,(H,29,31). The molecule has 1 saturated heterocycles. The number of benzene rings is 3. The number of hydrogen-bond acceptors (Lipinski definition) is 8. The van der Waals surface area contributed by atoms with E-state index in [2.05, 4.69) is 22.5 Å². The summed E-state index contributed by atoms with van der Waals surface area (Å²) in [5.74, 6) is 1.77. The third-order valence-electron chi connectivity index (χ3n) is 6.12. The van der Waals surface area contributed by atoms with E-state index in [4.69, 9.17) is 18.9 Å². The van der Waals surface area contributed by atoms with Crippen LogP contribution < -0.4 is 24.4 Å². The zero-order valence-corrected chi connectivity index (χ0v) is 22.0. The molecule has 4 rings (SSSR count). The van der Waals surface area contributed by atoms with E-state index < -0.39 is 5.91 Å². The zero-order valence-electron chi connectivity index (χ0n) is 21.2. The van der Waals surface area contributed by atoms with Gasteiger partial charge in [0.15, 0.2) is 11.5 Å². The molecule has 1 fully saturated rings. The molecule has 0 atom stereocenters. The summed E-state index contributed by atoms with van der Waals surface area (Å²) in [5.41, 5.74) is 4.09. The van der Waals surface area contributed by atoms with Crippen molar-refractivity contribution in [1.29, 1.82) is 0 Å². The summed E-state index contributed by atoms with van der Waals surface area (Å²) in [5, 5.41) is 9.25. The van der Waals surface area contributed by atoms with Crippen molar-refractivity contribution in [3.05, 3.63) is 66.2 Å². The Bertz CT molecular complexity index is 1200. The minimum atomic E-state index is -0.649. The first-order chi connectivity index (χ1) is 18.1. The lowest BCUT2D eigenvalue weighted by molar-refractivity contribution is 0.0698. The largest absolute Gasteiger partial charge is 0.493 e. The van der Waals surface area contributed by atoms with Crippen LogP contribution in [-0.2, 0) is 0 Å². The van der Waals surface area contributed by atoms with Crippen LogP contribution in [0.1, 0.15) is 30.1 Å². The van der Waals surface area contributed by atoms with Gasteiger partial charge in [0.25, 0.3) is 5.91 Å². The van der Waals surface area contributed by atoms with Gasteiger partial charge in [0, 0.05) is 23.5 Å². The summed E-state index contributed by atoms with van der Waals surface area (Å²) in [6, 6.07) is 19.7. The van der Waals surface area contributed by atoms with Crippen LogP contribution in [0.25, 0.3) is 11.1 Å². The fraction of sp³-hybridized carbons (Fsp3) is 0.321. The van der Waals surface area contributed by atoms with E-state index in [0.717, 1.165) is 48.6 Å². The van der Waals surface area contributed by atoms with E-state index in [9.17, 15) is 10.0 Å². The SMILES string of the molecule is CCOc1ccccc1-c1ccc(OC2CCN(Sc3ccc(OC)c(OC)c3C(=O)NO)CC2)cc1. The highest BCUT2D eigenvalue weighted by Crippen LogP contribution is 2.40. The molecule has 37 heavy (non-hydrogen) atoms. The summed E-state index contributed by atoms with van der Waals surface area (Å²) in [7, 11) is 2.97. The quantitative estimate of drug-likeness (QED) is 0.206. The maximum Gasteiger partial charge on any atom is 0.279 e. The Hall–Kier alpha value is -3.40. The fourth-order valence-corrected chi connectivity index (χ4v) is 5.41. The fourth-order valence-electron chi connectivity index (χ4n) is 4.33. The minimum Gasteiger partial charge on any atom is -0.493 e. The number of carbonyl (C=O) groups excluding carboxylic acids is 1. The number of rotatable bonds is 10. The van der Waals surface area contributed by atoms with Crippen LogP contribution in [0.2, 0.25) is 0 Å². The van der Waals surface area contributed by atoms with Crippen LogP contribution in [-0.4, -0.2) is 55.4 Å². The van der Waals surface area contributed by atoms with Gasteiger partial charge in [-0.1, -0.05) is 30.3 Å². The van der Waals surface area contributed by atoms with Crippen molar-refractivity contribution in [2.24, 2.45) is 0 Å². The highest BCUT2D eigenvalue weighted by Gasteiger charge is 2.26. The Morgan fingerprint density at radius 1 is 1.00 bits per heavy atom. The first-order valence-electron chi connectivity index (χ1n) is 12.2. The van der Waals surface area contributed by atoms with Crippen LogP contribution >= 0.6 is 11.9 Å². The van der Waals surface area contributed by atoms with Crippen molar-refractivity contribution >= 4 is 17.9 Å². The number of carbonyl (C=O) groups is 1. The van der Waals surface area contributed by atoms with Gasteiger partial charge in [0.05, 0.1) is 20.8 Å². The molecular weight excluding hydrogens is 492 g/mol. The maximum atomic E-state index is 12.4.